The molecule has 5 heteroatoms. The van der Waals surface area contributed by atoms with Gasteiger partial charge in [-0.05, 0) is 0 Å². The SMILES string of the molecule is CCCCC1=CC[C]([Ti+3])=C1[Si](C)(CC)c1ccccc1.[Cl-].[Cl-].[Cl-]. The van der Waals surface area contributed by atoms with Crippen LogP contribution in [0.4, 0.5) is 0 Å². The van der Waals surface area contributed by atoms with Crippen molar-refractivity contribution < 1.29 is 57.7 Å². The predicted molar refractivity (Wildman–Crippen MR) is 87.4 cm³/mol. The molecule has 0 radical (unpaired) electrons. The van der Waals surface area contributed by atoms with Crippen molar-refractivity contribution in [2.75, 3.05) is 0 Å². The molecule has 0 saturated carbocycles. The van der Waals surface area contributed by atoms with Crippen molar-refractivity contribution in [3.63, 3.8) is 0 Å². The van der Waals surface area contributed by atoms with Gasteiger partial charge in [-0.3, -0.25) is 0 Å². The maximum Gasteiger partial charge on any atom is -1.00 e. The van der Waals surface area contributed by atoms with Crippen molar-refractivity contribution in [1.82, 2.24) is 0 Å². The van der Waals surface area contributed by atoms with Gasteiger partial charge in [0.05, 0.1) is 0 Å². The van der Waals surface area contributed by atoms with E-state index < -0.39 is 8.07 Å². The summed E-state index contributed by atoms with van der Waals surface area (Å²) in [5.41, 5.74) is 1.67. The molecule has 1 aliphatic carbocycles. The van der Waals surface area contributed by atoms with Gasteiger partial charge in [0.25, 0.3) is 0 Å². The first-order valence-electron chi connectivity index (χ1n) is 7.83. The van der Waals surface area contributed by atoms with Gasteiger partial charge in [-0.2, -0.15) is 0 Å². The average molecular weight is 424 g/mol. The molecule has 0 N–H and O–H groups in total. The van der Waals surface area contributed by atoms with Crippen LogP contribution in [-0.2, 0) is 20.4 Å². The molecule has 1 aliphatic rings. The van der Waals surface area contributed by atoms with Crippen LogP contribution in [0.2, 0.25) is 12.6 Å². The Morgan fingerprint density at radius 3 is 2.17 bits per heavy atom. The van der Waals surface area contributed by atoms with Gasteiger partial charge in [0.2, 0.25) is 0 Å². The van der Waals surface area contributed by atoms with Crippen LogP contribution in [0.1, 0.15) is 39.5 Å². The molecule has 0 nitrogen and oxygen atoms in total. The van der Waals surface area contributed by atoms with Crippen molar-refractivity contribution in [3.8, 4) is 0 Å². The maximum atomic E-state index is 2.56. The number of allylic oxidation sites excluding steroid dienone is 4. The Bertz CT molecular complexity index is 528. The molecule has 23 heavy (non-hydrogen) atoms. The Morgan fingerprint density at radius 1 is 1.04 bits per heavy atom. The molecule has 1 unspecified atom stereocenters. The van der Waals surface area contributed by atoms with E-state index in [-0.39, 0.29) is 37.2 Å². The van der Waals surface area contributed by atoms with E-state index in [4.69, 9.17) is 0 Å². The molecular weight excluding hydrogens is 399 g/mol. The predicted octanol–water partition coefficient (Wildman–Crippen LogP) is -4.14. The van der Waals surface area contributed by atoms with Crippen molar-refractivity contribution in [2.45, 2.75) is 52.1 Å². The van der Waals surface area contributed by atoms with Crippen LogP contribution in [0.15, 0.2) is 51.1 Å². The molecule has 0 amide bonds. The van der Waals surface area contributed by atoms with E-state index in [0.29, 0.717) is 0 Å². The van der Waals surface area contributed by atoms with E-state index in [1.807, 2.05) is 0 Å². The number of hydrogen-bond acceptors (Lipinski definition) is 0. The van der Waals surface area contributed by atoms with Crippen LogP contribution >= 0.6 is 0 Å². The minimum atomic E-state index is -1.53. The molecule has 1 aromatic carbocycles. The van der Waals surface area contributed by atoms with Crippen LogP contribution in [0.3, 0.4) is 0 Å². The van der Waals surface area contributed by atoms with E-state index in [1.54, 1.807) is 19.8 Å². The fraction of sp³-hybridized carbons (Fsp3) is 0.444. The van der Waals surface area contributed by atoms with Gasteiger partial charge in [-0.1, -0.05) is 0 Å². The van der Waals surface area contributed by atoms with Crippen molar-refractivity contribution in [1.29, 1.82) is 0 Å². The monoisotopic (exact) mass is 422 g/mol. The first-order valence-corrected chi connectivity index (χ1v) is 11.3. The second-order valence-corrected chi connectivity index (χ2v) is 11.3. The Kier molecular flexibility index (Phi) is 13.4. The van der Waals surface area contributed by atoms with Crippen molar-refractivity contribution >= 4 is 13.3 Å². The summed E-state index contributed by atoms with van der Waals surface area (Å²) in [5.74, 6) is 0. The minimum Gasteiger partial charge on any atom is -1.00 e. The van der Waals surface area contributed by atoms with Gasteiger partial charge < -0.3 is 37.2 Å². The maximum absolute atomic E-state index is 2.56. The number of unbranched alkanes of at least 4 members (excludes halogenated alkanes) is 1. The number of hydrogen-bond donors (Lipinski definition) is 0. The molecule has 2 rings (SSSR count). The molecule has 0 bridgehead atoms. The first-order chi connectivity index (χ1) is 9.63. The molecule has 0 fully saturated rings. The fourth-order valence-corrected chi connectivity index (χ4v) is 8.62. The Labute approximate surface area is 173 Å². The minimum absolute atomic E-state index is 0. The van der Waals surface area contributed by atoms with Crippen LogP contribution in [0.5, 0.6) is 0 Å². The van der Waals surface area contributed by atoms with Crippen molar-refractivity contribution in [2.24, 2.45) is 0 Å². The molecular formula is C18H25Cl3SiTi. The summed E-state index contributed by atoms with van der Waals surface area (Å²) in [7, 11) is -1.53. The van der Waals surface area contributed by atoms with Gasteiger partial charge in [0.15, 0.2) is 0 Å². The largest absolute Gasteiger partial charge is 1.00 e. The van der Waals surface area contributed by atoms with Gasteiger partial charge in [0, 0.05) is 0 Å². The van der Waals surface area contributed by atoms with Crippen LogP contribution in [-0.4, -0.2) is 8.07 Å². The Balaban J connectivity index is 0. The van der Waals surface area contributed by atoms with E-state index in [9.17, 15) is 0 Å². The normalized spacial score (nSPS) is 15.8. The zero-order chi connectivity index (χ0) is 14.6. The van der Waals surface area contributed by atoms with Gasteiger partial charge in [-0.15, -0.1) is 0 Å². The molecule has 0 spiro atoms. The zero-order valence-corrected chi connectivity index (χ0v) is 19.0. The van der Waals surface area contributed by atoms with Gasteiger partial charge in [0.1, 0.15) is 0 Å². The average Bonchev–Trinajstić information content (AvgIpc) is 2.86. The fourth-order valence-electron chi connectivity index (χ4n) is 3.24. The van der Waals surface area contributed by atoms with Crippen LogP contribution < -0.4 is 42.4 Å². The number of halogens is 3. The molecule has 1 atom stereocenters. The summed E-state index contributed by atoms with van der Waals surface area (Å²) in [6.07, 6.45) is 7.58. The van der Waals surface area contributed by atoms with Gasteiger partial charge >= 0.3 is 137 Å². The molecule has 126 valence electrons. The first kappa shape index (κ1) is 25.7. The summed E-state index contributed by atoms with van der Waals surface area (Å²) in [6.45, 7) is 7.24. The number of rotatable bonds is 6. The third-order valence-electron chi connectivity index (χ3n) is 4.64. The van der Waals surface area contributed by atoms with E-state index in [1.165, 1.54) is 31.7 Å². The summed E-state index contributed by atoms with van der Waals surface area (Å²) < 4.78 is 1.64. The molecule has 0 aliphatic heterocycles. The van der Waals surface area contributed by atoms with Crippen LogP contribution in [0.25, 0.3) is 0 Å². The standard InChI is InChI=1S/C18H25Si.3ClH.Ti/c1-4-6-11-16-12-10-15-18(16)19(3,5-2)17-13-8-7-9-14-17;;;;/h7-9,12-14H,4-6,10-11H2,1-3H3;3*1H;/q;;;;+3/p-3. The molecule has 0 aromatic heterocycles. The van der Waals surface area contributed by atoms with Crippen molar-refractivity contribution in [3.05, 3.63) is 51.1 Å². The van der Waals surface area contributed by atoms with Gasteiger partial charge in [-0.25, -0.2) is 0 Å². The van der Waals surface area contributed by atoms with E-state index in [2.05, 4.69) is 77.2 Å². The topological polar surface area (TPSA) is 0 Å². The second-order valence-electron chi connectivity index (χ2n) is 5.94. The van der Waals surface area contributed by atoms with E-state index >= 15 is 0 Å². The Morgan fingerprint density at radius 2 is 1.65 bits per heavy atom. The Hall–Kier alpha value is 0.501. The molecule has 1 aromatic rings. The summed E-state index contributed by atoms with van der Waals surface area (Å²) >= 11 is 2.36. The number of benzene rings is 1. The summed E-state index contributed by atoms with van der Waals surface area (Å²) in [4.78, 5) is 0. The second kappa shape index (κ2) is 12.0. The van der Waals surface area contributed by atoms with E-state index in [0.717, 1.165) is 0 Å². The third kappa shape index (κ3) is 5.77. The quantitative estimate of drug-likeness (QED) is 0.408. The smallest absolute Gasteiger partial charge is 1.00 e. The van der Waals surface area contributed by atoms with Crippen LogP contribution in [0, 0.1) is 0 Å². The summed E-state index contributed by atoms with van der Waals surface area (Å²) in [5, 5.41) is 3.36. The molecule has 0 heterocycles. The molecule has 0 saturated heterocycles. The third-order valence-corrected chi connectivity index (χ3v) is 10.5. The summed E-state index contributed by atoms with van der Waals surface area (Å²) in [6, 6.07) is 12.6. The zero-order valence-electron chi connectivity index (χ0n) is 14.1.